The first-order valence-corrected chi connectivity index (χ1v) is 10.6. The van der Waals surface area contributed by atoms with Crippen molar-refractivity contribution in [3.8, 4) is 11.1 Å². The minimum absolute atomic E-state index is 0.653. The molecular formula is C23H28N4O3. The predicted molar refractivity (Wildman–Crippen MR) is 115 cm³/mol. The maximum atomic E-state index is 10.4. The van der Waals surface area contributed by atoms with Crippen LogP contribution in [0.15, 0.2) is 41.0 Å². The molecule has 7 nitrogen and oxygen atoms in total. The summed E-state index contributed by atoms with van der Waals surface area (Å²) in [5, 5.41) is 18.7. The van der Waals surface area contributed by atoms with Gasteiger partial charge in [0.25, 0.3) is 0 Å². The predicted octanol–water partition coefficient (Wildman–Crippen LogP) is 2.89. The zero-order chi connectivity index (χ0) is 20.7. The second-order valence-electron chi connectivity index (χ2n) is 8.95. The molecule has 0 unspecified atom stereocenters. The molecular weight excluding hydrogens is 380 g/mol. The van der Waals surface area contributed by atoms with Crippen LogP contribution >= 0.6 is 0 Å². The Morgan fingerprint density at radius 2 is 1.87 bits per heavy atom. The first-order chi connectivity index (χ1) is 14.5. The topological polar surface area (TPSA) is 74.9 Å². The van der Waals surface area contributed by atoms with E-state index in [0.29, 0.717) is 5.92 Å². The fourth-order valence-corrected chi connectivity index (χ4v) is 4.39. The molecule has 2 fully saturated rings. The van der Waals surface area contributed by atoms with E-state index in [4.69, 9.17) is 9.37 Å². The van der Waals surface area contributed by atoms with Crippen LogP contribution in [0, 0.1) is 5.92 Å². The van der Waals surface area contributed by atoms with Crippen LogP contribution in [0.5, 0.6) is 0 Å². The SMILES string of the molecule is CC(C)(O)c1cccc(-c2cc(N3CC(CN4CCOCC4)C3)c3nonc3c2)c1. The first kappa shape index (κ1) is 19.5. The minimum Gasteiger partial charge on any atom is -0.386 e. The number of morpholine rings is 1. The number of aliphatic hydroxyl groups is 1. The molecule has 3 heterocycles. The van der Waals surface area contributed by atoms with Crippen LogP contribution < -0.4 is 4.90 Å². The van der Waals surface area contributed by atoms with Gasteiger partial charge in [0.1, 0.15) is 5.52 Å². The maximum absolute atomic E-state index is 10.4. The van der Waals surface area contributed by atoms with Crippen molar-refractivity contribution in [2.75, 3.05) is 50.8 Å². The summed E-state index contributed by atoms with van der Waals surface area (Å²) in [5.41, 5.74) is 4.73. The van der Waals surface area contributed by atoms with Gasteiger partial charge in [0.15, 0.2) is 5.52 Å². The number of ether oxygens (including phenoxy) is 1. The van der Waals surface area contributed by atoms with E-state index in [1.165, 1.54) is 0 Å². The second-order valence-corrected chi connectivity index (χ2v) is 8.95. The first-order valence-electron chi connectivity index (χ1n) is 10.6. The minimum atomic E-state index is -0.886. The number of fused-ring (bicyclic) bond motifs is 1. The Labute approximate surface area is 176 Å². The lowest BCUT2D eigenvalue weighted by atomic mass is 9.93. The molecule has 0 spiro atoms. The van der Waals surface area contributed by atoms with E-state index in [1.54, 1.807) is 13.8 Å². The van der Waals surface area contributed by atoms with E-state index in [1.807, 2.05) is 24.3 Å². The van der Waals surface area contributed by atoms with Crippen LogP contribution in [-0.2, 0) is 10.3 Å². The molecule has 0 saturated carbocycles. The third kappa shape index (κ3) is 3.80. The fourth-order valence-electron chi connectivity index (χ4n) is 4.39. The van der Waals surface area contributed by atoms with Gasteiger partial charge in [-0.05, 0) is 59.1 Å². The third-order valence-electron chi connectivity index (χ3n) is 6.16. The molecule has 158 valence electrons. The lowest BCUT2D eigenvalue weighted by molar-refractivity contribution is 0.0286. The number of benzene rings is 2. The highest BCUT2D eigenvalue weighted by atomic mass is 16.6. The molecule has 3 aromatic rings. The van der Waals surface area contributed by atoms with Gasteiger partial charge < -0.3 is 14.7 Å². The summed E-state index contributed by atoms with van der Waals surface area (Å²) in [4.78, 5) is 4.86. The maximum Gasteiger partial charge on any atom is 0.158 e. The highest BCUT2D eigenvalue weighted by Crippen LogP contribution is 2.36. The number of hydrogen-bond acceptors (Lipinski definition) is 7. The number of anilines is 1. The zero-order valence-electron chi connectivity index (χ0n) is 17.5. The van der Waals surface area contributed by atoms with E-state index in [9.17, 15) is 5.11 Å². The lowest BCUT2D eigenvalue weighted by Crippen LogP contribution is -2.53. The van der Waals surface area contributed by atoms with Crippen LogP contribution in [0.2, 0.25) is 0 Å². The van der Waals surface area contributed by atoms with Crippen LogP contribution in [0.4, 0.5) is 5.69 Å². The molecule has 7 heteroatoms. The van der Waals surface area contributed by atoms with E-state index in [0.717, 1.165) is 79.3 Å². The van der Waals surface area contributed by atoms with Crippen molar-refractivity contribution in [3.05, 3.63) is 42.0 Å². The largest absolute Gasteiger partial charge is 0.386 e. The Morgan fingerprint density at radius 1 is 1.07 bits per heavy atom. The van der Waals surface area contributed by atoms with Crippen molar-refractivity contribution < 1.29 is 14.5 Å². The third-order valence-corrected chi connectivity index (χ3v) is 6.16. The molecule has 30 heavy (non-hydrogen) atoms. The Morgan fingerprint density at radius 3 is 2.63 bits per heavy atom. The monoisotopic (exact) mass is 408 g/mol. The normalized spacial score (nSPS) is 18.7. The van der Waals surface area contributed by atoms with Gasteiger partial charge >= 0.3 is 0 Å². The average Bonchev–Trinajstić information content (AvgIpc) is 3.19. The quantitative estimate of drug-likeness (QED) is 0.696. The molecule has 0 aliphatic carbocycles. The Hall–Kier alpha value is -2.48. The Kier molecular flexibility index (Phi) is 4.97. The number of rotatable bonds is 5. The van der Waals surface area contributed by atoms with Gasteiger partial charge in [0.2, 0.25) is 0 Å². The van der Waals surface area contributed by atoms with Gasteiger partial charge in [-0.2, -0.15) is 0 Å². The summed E-state index contributed by atoms with van der Waals surface area (Å²) in [6.07, 6.45) is 0. The summed E-state index contributed by atoms with van der Waals surface area (Å²) < 4.78 is 10.5. The highest BCUT2D eigenvalue weighted by molar-refractivity contribution is 5.93. The molecule has 2 saturated heterocycles. The molecule has 2 aliphatic heterocycles. The number of hydrogen-bond donors (Lipinski definition) is 1. The summed E-state index contributed by atoms with van der Waals surface area (Å²) in [5.74, 6) is 0.653. The van der Waals surface area contributed by atoms with Crippen molar-refractivity contribution in [2.45, 2.75) is 19.4 Å². The highest BCUT2D eigenvalue weighted by Gasteiger charge is 2.31. The number of nitrogens with zero attached hydrogens (tertiary/aromatic N) is 4. The number of aromatic nitrogens is 2. The summed E-state index contributed by atoms with van der Waals surface area (Å²) in [6, 6.07) is 12.2. The smallest absolute Gasteiger partial charge is 0.158 e. The van der Waals surface area contributed by atoms with E-state index < -0.39 is 5.60 Å². The van der Waals surface area contributed by atoms with Crippen LogP contribution in [0.3, 0.4) is 0 Å². The molecule has 0 radical (unpaired) electrons. The van der Waals surface area contributed by atoms with Gasteiger partial charge in [-0.15, -0.1) is 0 Å². The van der Waals surface area contributed by atoms with Crippen molar-refractivity contribution in [3.63, 3.8) is 0 Å². The van der Waals surface area contributed by atoms with Gasteiger partial charge in [-0.3, -0.25) is 4.90 Å². The Bertz CT molecular complexity index is 1030. The molecule has 0 bridgehead atoms. The fraction of sp³-hybridized carbons (Fsp3) is 0.478. The standard InChI is InChI=1S/C23H28N4O3/c1-23(2,28)19-5-3-4-17(10-19)18-11-20-22(25-30-24-20)21(12-18)27-14-16(15-27)13-26-6-8-29-9-7-26/h3-5,10-12,16,28H,6-9,13-15H2,1-2H3. The second kappa shape index (κ2) is 7.65. The van der Waals surface area contributed by atoms with E-state index >= 15 is 0 Å². The van der Waals surface area contributed by atoms with Crippen molar-refractivity contribution in [2.24, 2.45) is 5.92 Å². The molecule has 1 N–H and O–H groups in total. The molecule has 2 aromatic carbocycles. The molecule has 0 amide bonds. The van der Waals surface area contributed by atoms with Crippen molar-refractivity contribution >= 4 is 16.7 Å². The summed E-state index contributed by atoms with van der Waals surface area (Å²) in [6.45, 7) is 10.5. The summed E-state index contributed by atoms with van der Waals surface area (Å²) >= 11 is 0. The van der Waals surface area contributed by atoms with E-state index in [-0.39, 0.29) is 0 Å². The molecule has 2 aliphatic rings. The molecule has 0 atom stereocenters. The van der Waals surface area contributed by atoms with Crippen LogP contribution in [-0.4, -0.2) is 66.3 Å². The van der Waals surface area contributed by atoms with Crippen LogP contribution in [0.25, 0.3) is 22.2 Å². The van der Waals surface area contributed by atoms with Gasteiger partial charge in [0.05, 0.1) is 24.5 Å². The van der Waals surface area contributed by atoms with Crippen molar-refractivity contribution in [1.82, 2.24) is 15.2 Å². The van der Waals surface area contributed by atoms with Crippen LogP contribution in [0.1, 0.15) is 19.4 Å². The van der Waals surface area contributed by atoms with E-state index in [2.05, 4.69) is 32.2 Å². The average molecular weight is 409 g/mol. The Balaban J connectivity index is 1.39. The molecule has 1 aromatic heterocycles. The van der Waals surface area contributed by atoms with Gasteiger partial charge in [-0.1, -0.05) is 18.2 Å². The summed E-state index contributed by atoms with van der Waals surface area (Å²) in [7, 11) is 0. The molecule has 5 rings (SSSR count). The lowest BCUT2D eigenvalue weighted by Gasteiger charge is -2.43. The van der Waals surface area contributed by atoms with Gasteiger partial charge in [0, 0.05) is 38.6 Å². The van der Waals surface area contributed by atoms with Crippen molar-refractivity contribution in [1.29, 1.82) is 0 Å². The zero-order valence-corrected chi connectivity index (χ0v) is 17.5. The van der Waals surface area contributed by atoms with Gasteiger partial charge in [-0.25, -0.2) is 4.63 Å².